The molecule has 0 aliphatic heterocycles. The molecule has 3 aromatic rings. The number of hydrogen-bond donors (Lipinski definition) is 2. The number of amides is 1. The normalized spacial score (nSPS) is 11.3. The molecule has 2 N–H and O–H groups in total. The lowest BCUT2D eigenvalue weighted by atomic mass is 10.3. The smallest absolute Gasteiger partial charge is 0.263 e. The fourth-order valence-electron chi connectivity index (χ4n) is 2.15. The summed E-state index contributed by atoms with van der Waals surface area (Å²) < 4.78 is 33.6. The maximum atomic E-state index is 12.3. The second-order valence-corrected chi connectivity index (χ2v) is 8.24. The van der Waals surface area contributed by atoms with Gasteiger partial charge in [0, 0.05) is 31.2 Å². The summed E-state index contributed by atoms with van der Waals surface area (Å²) >= 11 is 1.31. The van der Waals surface area contributed by atoms with E-state index in [1.165, 1.54) is 42.1 Å². The largest absolute Gasteiger partial charge is 0.360 e. The minimum Gasteiger partial charge on any atom is -0.360 e. The molecule has 0 bridgehead atoms. The summed E-state index contributed by atoms with van der Waals surface area (Å²) in [6, 6.07) is 7.32. The first-order valence-electron chi connectivity index (χ1n) is 7.80. The van der Waals surface area contributed by atoms with Crippen LogP contribution in [0.25, 0.3) is 0 Å². The number of aryl methyl sites for hydroxylation is 2. The summed E-state index contributed by atoms with van der Waals surface area (Å²) in [5.41, 5.74) is 0.497. The van der Waals surface area contributed by atoms with Gasteiger partial charge in [-0.3, -0.25) is 9.52 Å². The number of carbonyl (C=O) groups excluding carboxylic acids is 1. The van der Waals surface area contributed by atoms with Crippen molar-refractivity contribution in [2.45, 2.75) is 17.0 Å². The highest BCUT2D eigenvalue weighted by atomic mass is 32.2. The maximum absolute atomic E-state index is 12.3. The van der Waals surface area contributed by atoms with Crippen LogP contribution in [-0.4, -0.2) is 34.8 Å². The number of hydrogen-bond acceptors (Lipinski definition) is 7. The SMILES string of the molecule is Cc1cc(NS(=O)(=O)c2ccc(NC(=O)CSc3nccn3C)cc2)no1. The van der Waals surface area contributed by atoms with Gasteiger partial charge in [-0.1, -0.05) is 16.9 Å². The van der Waals surface area contributed by atoms with Crippen LogP contribution in [0.15, 0.2) is 57.3 Å². The number of nitrogens with one attached hydrogen (secondary N) is 2. The van der Waals surface area contributed by atoms with E-state index in [-0.39, 0.29) is 22.4 Å². The first kappa shape index (κ1) is 19.0. The number of anilines is 2. The molecule has 27 heavy (non-hydrogen) atoms. The van der Waals surface area contributed by atoms with Crippen molar-refractivity contribution >= 4 is 39.2 Å². The van der Waals surface area contributed by atoms with E-state index in [1.54, 1.807) is 19.3 Å². The van der Waals surface area contributed by atoms with Gasteiger partial charge in [-0.15, -0.1) is 0 Å². The molecule has 0 radical (unpaired) electrons. The summed E-state index contributed by atoms with van der Waals surface area (Å²) in [5, 5.41) is 7.05. The first-order chi connectivity index (χ1) is 12.8. The highest BCUT2D eigenvalue weighted by molar-refractivity contribution is 7.99. The van der Waals surface area contributed by atoms with Crippen LogP contribution >= 0.6 is 11.8 Å². The lowest BCUT2D eigenvalue weighted by Crippen LogP contribution is -2.15. The average Bonchev–Trinajstić information content (AvgIpc) is 3.21. The number of benzene rings is 1. The van der Waals surface area contributed by atoms with E-state index < -0.39 is 10.0 Å². The third-order valence-corrected chi connectivity index (χ3v) is 5.85. The lowest BCUT2D eigenvalue weighted by Gasteiger charge is -2.08. The van der Waals surface area contributed by atoms with Gasteiger partial charge >= 0.3 is 0 Å². The molecule has 0 fully saturated rings. The lowest BCUT2D eigenvalue weighted by molar-refractivity contribution is -0.113. The van der Waals surface area contributed by atoms with Gasteiger partial charge in [0.2, 0.25) is 5.91 Å². The van der Waals surface area contributed by atoms with Crippen molar-refractivity contribution in [1.82, 2.24) is 14.7 Å². The minimum atomic E-state index is -3.79. The molecule has 142 valence electrons. The molecular formula is C16H17N5O4S2. The molecule has 0 aliphatic rings. The van der Waals surface area contributed by atoms with Gasteiger partial charge in [0.1, 0.15) is 5.76 Å². The number of imidazole rings is 1. The van der Waals surface area contributed by atoms with Crippen LogP contribution < -0.4 is 10.0 Å². The zero-order valence-electron chi connectivity index (χ0n) is 14.5. The van der Waals surface area contributed by atoms with E-state index in [4.69, 9.17) is 4.52 Å². The second-order valence-electron chi connectivity index (χ2n) is 5.61. The van der Waals surface area contributed by atoms with Crippen molar-refractivity contribution in [1.29, 1.82) is 0 Å². The number of rotatable bonds is 7. The molecule has 0 saturated carbocycles. The summed E-state index contributed by atoms with van der Waals surface area (Å²) in [7, 11) is -1.94. The third-order valence-electron chi connectivity index (χ3n) is 3.42. The molecule has 11 heteroatoms. The predicted molar refractivity (Wildman–Crippen MR) is 101 cm³/mol. The van der Waals surface area contributed by atoms with Gasteiger partial charge in [0.25, 0.3) is 10.0 Å². The molecule has 9 nitrogen and oxygen atoms in total. The van der Waals surface area contributed by atoms with Crippen molar-refractivity contribution in [3.63, 3.8) is 0 Å². The number of aromatic nitrogens is 3. The van der Waals surface area contributed by atoms with Crippen LogP contribution in [-0.2, 0) is 21.9 Å². The molecule has 0 unspecified atom stereocenters. The van der Waals surface area contributed by atoms with Gasteiger partial charge in [-0.2, -0.15) is 0 Å². The van der Waals surface area contributed by atoms with Crippen molar-refractivity contribution in [3.8, 4) is 0 Å². The Labute approximate surface area is 160 Å². The van der Waals surface area contributed by atoms with Crippen LogP contribution in [0.3, 0.4) is 0 Å². The molecule has 1 aromatic carbocycles. The fourth-order valence-corrected chi connectivity index (χ4v) is 3.86. The summed E-state index contributed by atoms with van der Waals surface area (Å²) in [4.78, 5) is 16.2. The maximum Gasteiger partial charge on any atom is 0.263 e. The number of nitrogens with zero attached hydrogens (tertiary/aromatic N) is 3. The van der Waals surface area contributed by atoms with Crippen LogP contribution in [0.4, 0.5) is 11.5 Å². The van der Waals surface area contributed by atoms with Crippen LogP contribution in [0.5, 0.6) is 0 Å². The minimum absolute atomic E-state index is 0.0449. The molecule has 2 aromatic heterocycles. The summed E-state index contributed by atoms with van der Waals surface area (Å²) in [5.74, 6) is 0.581. The Hall–Kier alpha value is -2.79. The Morgan fingerprint density at radius 1 is 1.30 bits per heavy atom. The Morgan fingerprint density at radius 3 is 2.63 bits per heavy atom. The second kappa shape index (κ2) is 7.84. The Morgan fingerprint density at radius 2 is 2.04 bits per heavy atom. The number of thioether (sulfide) groups is 1. The fraction of sp³-hybridized carbons (Fsp3) is 0.188. The Kier molecular flexibility index (Phi) is 5.51. The number of sulfonamides is 1. The van der Waals surface area contributed by atoms with E-state index in [0.29, 0.717) is 11.4 Å². The van der Waals surface area contributed by atoms with Crippen LogP contribution in [0, 0.1) is 6.92 Å². The van der Waals surface area contributed by atoms with Crippen molar-refractivity contribution < 1.29 is 17.7 Å². The van der Waals surface area contributed by atoms with E-state index >= 15 is 0 Å². The zero-order valence-corrected chi connectivity index (χ0v) is 16.2. The molecule has 0 aliphatic carbocycles. The van der Waals surface area contributed by atoms with E-state index in [9.17, 15) is 13.2 Å². The first-order valence-corrected chi connectivity index (χ1v) is 10.3. The van der Waals surface area contributed by atoms with E-state index in [0.717, 1.165) is 5.16 Å². The summed E-state index contributed by atoms with van der Waals surface area (Å²) in [6.45, 7) is 1.66. The molecule has 1 amide bonds. The predicted octanol–water partition coefficient (Wildman–Crippen LogP) is 2.25. The summed E-state index contributed by atoms with van der Waals surface area (Å²) in [6.07, 6.45) is 3.46. The van der Waals surface area contributed by atoms with Crippen LogP contribution in [0.1, 0.15) is 5.76 Å². The molecular weight excluding hydrogens is 390 g/mol. The molecule has 0 atom stereocenters. The molecule has 0 spiro atoms. The molecule has 2 heterocycles. The molecule has 0 saturated heterocycles. The Bertz CT molecular complexity index is 1040. The van der Waals surface area contributed by atoms with Gasteiger partial charge in [0.15, 0.2) is 11.0 Å². The van der Waals surface area contributed by atoms with Crippen molar-refractivity contribution in [2.75, 3.05) is 15.8 Å². The zero-order chi connectivity index (χ0) is 19.4. The van der Waals surface area contributed by atoms with Gasteiger partial charge in [0.05, 0.1) is 10.6 Å². The average molecular weight is 407 g/mol. The van der Waals surface area contributed by atoms with Crippen LogP contribution in [0.2, 0.25) is 0 Å². The molecule has 3 rings (SSSR count). The third kappa shape index (κ3) is 4.89. The monoisotopic (exact) mass is 407 g/mol. The van der Waals surface area contributed by atoms with Gasteiger partial charge < -0.3 is 14.4 Å². The van der Waals surface area contributed by atoms with Crippen molar-refractivity contribution in [2.24, 2.45) is 7.05 Å². The topological polar surface area (TPSA) is 119 Å². The van der Waals surface area contributed by atoms with Gasteiger partial charge in [-0.05, 0) is 31.2 Å². The standard InChI is InChI=1S/C16H17N5O4S2/c1-11-9-14(19-25-11)20-27(23,24)13-5-3-12(4-6-13)18-15(22)10-26-16-17-7-8-21(16)2/h3-9H,10H2,1-2H3,(H,18,22)(H,19,20). The quantitative estimate of drug-likeness (QED) is 0.577. The number of carbonyl (C=O) groups is 1. The Balaban J connectivity index is 1.59. The highest BCUT2D eigenvalue weighted by Gasteiger charge is 2.16. The highest BCUT2D eigenvalue weighted by Crippen LogP contribution is 2.19. The van der Waals surface area contributed by atoms with Gasteiger partial charge in [-0.25, -0.2) is 13.4 Å². The van der Waals surface area contributed by atoms with Crippen molar-refractivity contribution in [3.05, 3.63) is 48.5 Å². The van der Waals surface area contributed by atoms with E-state index in [2.05, 4.69) is 20.2 Å². The van der Waals surface area contributed by atoms with E-state index in [1.807, 2.05) is 11.6 Å².